The molecule has 0 aromatic heterocycles. The molecule has 1 spiro atoms. The number of rotatable bonds is 4. The van der Waals surface area contributed by atoms with Gasteiger partial charge in [0.05, 0.1) is 19.3 Å². The van der Waals surface area contributed by atoms with Gasteiger partial charge in [0.15, 0.2) is 5.79 Å². The van der Waals surface area contributed by atoms with Crippen LogP contribution in [-0.2, 0) is 14.2 Å². The molecule has 3 fully saturated rings. The number of hydrogen-bond donors (Lipinski definition) is 1. The van der Waals surface area contributed by atoms with Gasteiger partial charge in [-0.15, -0.1) is 0 Å². The lowest BCUT2D eigenvalue weighted by Gasteiger charge is -2.36. The highest BCUT2D eigenvalue weighted by Gasteiger charge is 2.40. The van der Waals surface area contributed by atoms with Gasteiger partial charge in [-0.3, -0.25) is 0 Å². The third-order valence-corrected chi connectivity index (χ3v) is 4.73. The highest BCUT2D eigenvalue weighted by Crippen LogP contribution is 2.35. The molecule has 1 N–H and O–H groups in total. The molecule has 4 nitrogen and oxygen atoms in total. The third kappa shape index (κ3) is 3.69. The summed E-state index contributed by atoms with van der Waals surface area (Å²) in [6.45, 7) is 3.60. The zero-order chi connectivity index (χ0) is 13.0. The molecule has 2 heterocycles. The van der Waals surface area contributed by atoms with Crippen molar-refractivity contribution >= 4 is 0 Å². The largest absolute Gasteiger partial charge is 0.378 e. The lowest BCUT2D eigenvalue weighted by Crippen LogP contribution is -2.42. The molecule has 0 amide bonds. The maximum atomic E-state index is 5.76. The monoisotopic (exact) mass is 269 g/mol. The molecule has 1 aliphatic carbocycles. The molecule has 1 saturated carbocycles. The molecule has 4 heteroatoms. The van der Waals surface area contributed by atoms with Crippen molar-refractivity contribution in [2.24, 2.45) is 0 Å². The first-order valence-electron chi connectivity index (χ1n) is 7.99. The predicted molar refractivity (Wildman–Crippen MR) is 73.1 cm³/mol. The van der Waals surface area contributed by atoms with E-state index in [1.165, 1.54) is 32.1 Å². The molecule has 0 aromatic carbocycles. The van der Waals surface area contributed by atoms with E-state index < -0.39 is 0 Å². The second-order valence-electron chi connectivity index (χ2n) is 6.11. The average Bonchev–Trinajstić information content (AvgIpc) is 2.91. The predicted octanol–water partition coefficient (Wildman–Crippen LogP) is 2.22. The van der Waals surface area contributed by atoms with E-state index >= 15 is 0 Å². The van der Waals surface area contributed by atoms with Gasteiger partial charge in [-0.2, -0.15) is 0 Å². The molecular weight excluding hydrogens is 242 g/mol. The fourth-order valence-electron chi connectivity index (χ4n) is 3.53. The molecule has 1 unspecified atom stereocenters. The Morgan fingerprint density at radius 1 is 0.947 bits per heavy atom. The fraction of sp³-hybridized carbons (Fsp3) is 1.00. The van der Waals surface area contributed by atoms with E-state index in [4.69, 9.17) is 14.2 Å². The summed E-state index contributed by atoms with van der Waals surface area (Å²) in [4.78, 5) is 0. The Labute approximate surface area is 116 Å². The lowest BCUT2D eigenvalue weighted by atomic mass is 9.90. The Hall–Kier alpha value is -0.160. The second-order valence-corrected chi connectivity index (χ2v) is 6.11. The van der Waals surface area contributed by atoms with Crippen LogP contribution in [0.5, 0.6) is 0 Å². The number of ether oxygens (including phenoxy) is 3. The minimum atomic E-state index is -0.218. The molecule has 3 aliphatic rings. The van der Waals surface area contributed by atoms with E-state index in [1.54, 1.807) is 0 Å². The van der Waals surface area contributed by atoms with Crippen LogP contribution in [0.3, 0.4) is 0 Å². The van der Waals surface area contributed by atoms with Crippen LogP contribution in [0.2, 0.25) is 0 Å². The molecule has 0 aromatic rings. The fourth-order valence-corrected chi connectivity index (χ4v) is 3.53. The summed E-state index contributed by atoms with van der Waals surface area (Å²) in [5, 5.41) is 3.68. The van der Waals surface area contributed by atoms with Crippen molar-refractivity contribution in [1.29, 1.82) is 0 Å². The van der Waals surface area contributed by atoms with Gasteiger partial charge in [0.25, 0.3) is 0 Å². The molecule has 2 saturated heterocycles. The molecule has 2 aliphatic heterocycles. The van der Waals surface area contributed by atoms with Crippen molar-refractivity contribution in [3.63, 3.8) is 0 Å². The van der Waals surface area contributed by atoms with Gasteiger partial charge in [0.2, 0.25) is 0 Å². The van der Waals surface area contributed by atoms with Crippen molar-refractivity contribution in [3.05, 3.63) is 0 Å². The van der Waals surface area contributed by atoms with Crippen LogP contribution in [0.25, 0.3) is 0 Å². The topological polar surface area (TPSA) is 39.7 Å². The van der Waals surface area contributed by atoms with E-state index in [1.807, 2.05) is 0 Å². The molecule has 0 radical (unpaired) electrons. The number of hydrogen-bond acceptors (Lipinski definition) is 4. The molecule has 1 atom stereocenters. The summed E-state index contributed by atoms with van der Waals surface area (Å²) in [7, 11) is 0. The van der Waals surface area contributed by atoms with Gasteiger partial charge >= 0.3 is 0 Å². The summed E-state index contributed by atoms with van der Waals surface area (Å²) < 4.78 is 17.3. The van der Waals surface area contributed by atoms with E-state index in [-0.39, 0.29) is 5.79 Å². The normalized spacial score (nSPS) is 31.9. The van der Waals surface area contributed by atoms with Crippen molar-refractivity contribution < 1.29 is 14.2 Å². The van der Waals surface area contributed by atoms with Gasteiger partial charge in [-0.25, -0.2) is 0 Å². The number of nitrogens with one attached hydrogen (secondary N) is 1. The zero-order valence-corrected chi connectivity index (χ0v) is 11.9. The Kier molecular flexibility index (Phi) is 4.74. The van der Waals surface area contributed by atoms with E-state index in [0.29, 0.717) is 12.1 Å². The van der Waals surface area contributed by atoms with Crippen LogP contribution in [0.4, 0.5) is 0 Å². The van der Waals surface area contributed by atoms with E-state index in [0.717, 1.165) is 45.6 Å². The highest BCUT2D eigenvalue weighted by molar-refractivity contribution is 4.85. The quantitative estimate of drug-likeness (QED) is 0.849. The third-order valence-electron chi connectivity index (χ3n) is 4.73. The van der Waals surface area contributed by atoms with E-state index in [9.17, 15) is 0 Å². The molecule has 0 bridgehead atoms. The first kappa shape index (κ1) is 13.8. The molecule has 19 heavy (non-hydrogen) atoms. The van der Waals surface area contributed by atoms with Crippen molar-refractivity contribution in [3.8, 4) is 0 Å². The van der Waals surface area contributed by atoms with Gasteiger partial charge in [0.1, 0.15) is 0 Å². The van der Waals surface area contributed by atoms with Crippen molar-refractivity contribution in [2.75, 3.05) is 26.4 Å². The van der Waals surface area contributed by atoms with Crippen LogP contribution in [0, 0.1) is 0 Å². The summed E-state index contributed by atoms with van der Waals surface area (Å²) in [5.74, 6) is -0.218. The van der Waals surface area contributed by atoms with Gasteiger partial charge in [-0.05, 0) is 45.1 Å². The first-order valence-corrected chi connectivity index (χ1v) is 7.99. The molecule has 110 valence electrons. The Morgan fingerprint density at radius 3 is 2.42 bits per heavy atom. The maximum Gasteiger partial charge on any atom is 0.168 e. The van der Waals surface area contributed by atoms with Crippen LogP contribution in [0.1, 0.15) is 51.4 Å². The van der Waals surface area contributed by atoms with E-state index in [2.05, 4.69) is 5.32 Å². The smallest absolute Gasteiger partial charge is 0.168 e. The second kappa shape index (κ2) is 6.53. The average molecular weight is 269 g/mol. The van der Waals surface area contributed by atoms with Gasteiger partial charge in [-0.1, -0.05) is 0 Å². The highest BCUT2D eigenvalue weighted by atomic mass is 16.7. The Balaban J connectivity index is 1.31. The van der Waals surface area contributed by atoms with Crippen LogP contribution < -0.4 is 5.32 Å². The van der Waals surface area contributed by atoms with Crippen molar-refractivity contribution in [1.82, 2.24) is 5.32 Å². The van der Waals surface area contributed by atoms with Gasteiger partial charge < -0.3 is 19.5 Å². The maximum absolute atomic E-state index is 5.76. The molecule has 3 rings (SSSR count). The van der Waals surface area contributed by atoms with Gasteiger partial charge in [0, 0.05) is 25.5 Å². The SMILES string of the molecule is C1CCC(CCNC2CCC3(CC2)OCCO3)OC1. The zero-order valence-electron chi connectivity index (χ0n) is 11.9. The Morgan fingerprint density at radius 2 is 1.74 bits per heavy atom. The summed E-state index contributed by atoms with van der Waals surface area (Å²) in [5.41, 5.74) is 0. The first-order chi connectivity index (χ1) is 9.36. The Bertz CT molecular complexity index is 263. The minimum absolute atomic E-state index is 0.218. The summed E-state index contributed by atoms with van der Waals surface area (Å²) in [6, 6.07) is 0.641. The summed E-state index contributed by atoms with van der Waals surface area (Å²) >= 11 is 0. The standard InChI is InChI=1S/C15H27NO3/c1-2-10-17-14(3-1)6-9-16-13-4-7-15(8-5-13)18-11-12-19-15/h13-14,16H,1-12H2. The minimum Gasteiger partial charge on any atom is -0.378 e. The van der Waals surface area contributed by atoms with Crippen molar-refractivity contribution in [2.45, 2.75) is 69.3 Å². The van der Waals surface area contributed by atoms with Crippen LogP contribution >= 0.6 is 0 Å². The lowest BCUT2D eigenvalue weighted by molar-refractivity contribution is -0.179. The van der Waals surface area contributed by atoms with Crippen LogP contribution in [-0.4, -0.2) is 44.3 Å². The van der Waals surface area contributed by atoms with Crippen LogP contribution in [0.15, 0.2) is 0 Å². The molecular formula is C15H27NO3. The summed E-state index contributed by atoms with van der Waals surface area (Å²) in [6.07, 6.45) is 9.93.